The maximum atomic E-state index is 11.7. The Balaban J connectivity index is 2.91. The zero-order valence-electron chi connectivity index (χ0n) is 9.93. The lowest BCUT2D eigenvalue weighted by atomic mass is 10.1. The molecule has 2 aromatic heterocycles. The van der Waals surface area contributed by atoms with Gasteiger partial charge >= 0.3 is 5.97 Å². The normalized spacial score (nSPS) is 10.1. The average molecular weight is 242 g/mol. The molecule has 0 saturated heterocycles. The van der Waals surface area contributed by atoms with Crippen LogP contribution >= 0.6 is 0 Å². The Morgan fingerprint density at radius 3 is 2.67 bits per heavy atom. The van der Waals surface area contributed by atoms with E-state index in [-0.39, 0.29) is 17.0 Å². The number of methoxy groups -OCH3 is 1. The molecule has 0 saturated carbocycles. The van der Waals surface area contributed by atoms with E-state index in [1.807, 2.05) is 6.07 Å². The van der Waals surface area contributed by atoms with Crippen LogP contribution in [0.4, 0.5) is 0 Å². The number of pyridine rings is 1. The van der Waals surface area contributed by atoms with Crippen molar-refractivity contribution in [1.82, 2.24) is 4.40 Å². The number of carbonyl (C=O) groups is 2. The Bertz CT molecular complexity index is 692. The van der Waals surface area contributed by atoms with Crippen LogP contribution in [0.25, 0.3) is 5.52 Å². The van der Waals surface area contributed by atoms with Crippen LogP contribution in [0.3, 0.4) is 0 Å². The Labute approximate surface area is 103 Å². The lowest BCUT2D eigenvalue weighted by Crippen LogP contribution is -2.04. The average Bonchev–Trinajstić information content (AvgIpc) is 2.76. The van der Waals surface area contributed by atoms with Gasteiger partial charge in [-0.1, -0.05) is 0 Å². The molecular weight excluding hydrogens is 232 g/mol. The van der Waals surface area contributed by atoms with Gasteiger partial charge in [0.05, 0.1) is 18.2 Å². The SMILES string of the molecule is COC(=O)c1cc(C#N)n2cccc(C(C)=O)c12. The molecule has 5 nitrogen and oxygen atoms in total. The minimum atomic E-state index is -0.567. The number of aromatic nitrogens is 1. The minimum absolute atomic E-state index is 0.173. The highest BCUT2D eigenvalue weighted by Gasteiger charge is 2.19. The van der Waals surface area contributed by atoms with Crippen LogP contribution in [0.1, 0.15) is 33.3 Å². The smallest absolute Gasteiger partial charge is 0.340 e. The van der Waals surface area contributed by atoms with Gasteiger partial charge in [0.25, 0.3) is 0 Å². The Hall–Kier alpha value is -2.61. The predicted molar refractivity (Wildman–Crippen MR) is 63.5 cm³/mol. The second kappa shape index (κ2) is 4.34. The van der Waals surface area contributed by atoms with Gasteiger partial charge in [-0.05, 0) is 25.1 Å². The molecule has 5 heteroatoms. The Morgan fingerprint density at radius 1 is 1.39 bits per heavy atom. The number of nitriles is 1. The van der Waals surface area contributed by atoms with Crippen molar-refractivity contribution in [2.24, 2.45) is 0 Å². The monoisotopic (exact) mass is 242 g/mol. The summed E-state index contributed by atoms with van der Waals surface area (Å²) in [6.45, 7) is 1.41. The van der Waals surface area contributed by atoms with Gasteiger partial charge in [-0.25, -0.2) is 4.79 Å². The van der Waals surface area contributed by atoms with Gasteiger partial charge in [0.15, 0.2) is 5.78 Å². The van der Waals surface area contributed by atoms with Gasteiger partial charge < -0.3 is 9.14 Å². The third kappa shape index (κ3) is 1.64. The van der Waals surface area contributed by atoms with E-state index < -0.39 is 5.97 Å². The third-order valence-electron chi connectivity index (χ3n) is 2.69. The third-order valence-corrected chi connectivity index (χ3v) is 2.69. The summed E-state index contributed by atoms with van der Waals surface area (Å²) < 4.78 is 6.18. The number of hydrogen-bond acceptors (Lipinski definition) is 4. The highest BCUT2D eigenvalue weighted by molar-refractivity contribution is 6.08. The van der Waals surface area contributed by atoms with Crippen LogP contribution in [0.15, 0.2) is 24.4 Å². The topological polar surface area (TPSA) is 71.6 Å². The molecule has 0 aliphatic rings. The highest BCUT2D eigenvalue weighted by atomic mass is 16.5. The van der Waals surface area contributed by atoms with E-state index in [0.29, 0.717) is 11.1 Å². The first-order valence-electron chi connectivity index (χ1n) is 5.23. The summed E-state index contributed by atoms with van der Waals surface area (Å²) in [6, 6.07) is 6.68. The summed E-state index contributed by atoms with van der Waals surface area (Å²) in [6.07, 6.45) is 1.63. The number of ether oxygens (including phenoxy) is 1. The number of fused-ring (bicyclic) bond motifs is 1. The number of rotatable bonds is 2. The summed E-state index contributed by atoms with van der Waals surface area (Å²) in [5.41, 5.74) is 1.31. The van der Waals surface area contributed by atoms with Crippen molar-refractivity contribution < 1.29 is 14.3 Å². The molecule has 0 bridgehead atoms. The van der Waals surface area contributed by atoms with E-state index in [9.17, 15) is 9.59 Å². The van der Waals surface area contributed by atoms with Crippen molar-refractivity contribution in [3.63, 3.8) is 0 Å². The molecule has 0 fully saturated rings. The van der Waals surface area contributed by atoms with Crippen LogP contribution in [-0.4, -0.2) is 23.3 Å². The summed E-state index contributed by atoms with van der Waals surface area (Å²) in [7, 11) is 1.26. The van der Waals surface area contributed by atoms with Crippen molar-refractivity contribution in [3.05, 3.63) is 41.2 Å². The lowest BCUT2D eigenvalue weighted by molar-refractivity contribution is 0.0603. The maximum Gasteiger partial charge on any atom is 0.340 e. The van der Waals surface area contributed by atoms with E-state index in [1.54, 1.807) is 18.3 Å². The number of hydrogen-bond donors (Lipinski definition) is 0. The van der Waals surface area contributed by atoms with E-state index in [2.05, 4.69) is 4.74 Å². The second-order valence-corrected chi connectivity index (χ2v) is 3.74. The maximum absolute atomic E-state index is 11.7. The van der Waals surface area contributed by atoms with Gasteiger partial charge in [0.1, 0.15) is 11.8 Å². The summed E-state index contributed by atoms with van der Waals surface area (Å²) in [5, 5.41) is 9.03. The van der Waals surface area contributed by atoms with Gasteiger partial charge in [0.2, 0.25) is 0 Å². The largest absolute Gasteiger partial charge is 0.465 e. The van der Waals surface area contributed by atoms with Gasteiger partial charge in [-0.3, -0.25) is 4.79 Å². The lowest BCUT2D eigenvalue weighted by Gasteiger charge is -2.03. The quantitative estimate of drug-likeness (QED) is 0.594. The first kappa shape index (κ1) is 11.9. The van der Waals surface area contributed by atoms with Gasteiger partial charge in [-0.15, -0.1) is 0 Å². The fourth-order valence-electron chi connectivity index (χ4n) is 1.89. The van der Waals surface area contributed by atoms with E-state index in [0.717, 1.165) is 0 Å². The zero-order chi connectivity index (χ0) is 13.3. The molecule has 2 heterocycles. The van der Waals surface area contributed by atoms with Crippen LogP contribution in [0.2, 0.25) is 0 Å². The molecule has 0 N–H and O–H groups in total. The number of ketones is 1. The van der Waals surface area contributed by atoms with Crippen LogP contribution in [-0.2, 0) is 4.74 Å². The summed E-state index contributed by atoms with van der Waals surface area (Å²) >= 11 is 0. The van der Waals surface area contributed by atoms with Crippen molar-refractivity contribution in [1.29, 1.82) is 5.26 Å². The molecule has 2 rings (SSSR count). The molecule has 0 radical (unpaired) electrons. The first-order valence-corrected chi connectivity index (χ1v) is 5.23. The van der Waals surface area contributed by atoms with Crippen molar-refractivity contribution >= 4 is 17.3 Å². The molecule has 0 amide bonds. The van der Waals surface area contributed by atoms with E-state index in [1.165, 1.54) is 24.5 Å². The van der Waals surface area contributed by atoms with Crippen LogP contribution in [0.5, 0.6) is 0 Å². The fraction of sp³-hybridized carbons (Fsp3) is 0.154. The number of nitrogens with zero attached hydrogens (tertiary/aromatic N) is 2. The van der Waals surface area contributed by atoms with Crippen LogP contribution in [0, 0.1) is 11.3 Å². The number of esters is 1. The minimum Gasteiger partial charge on any atom is -0.465 e. The van der Waals surface area contributed by atoms with Gasteiger partial charge in [-0.2, -0.15) is 5.26 Å². The Kier molecular flexibility index (Phi) is 2.86. The Morgan fingerprint density at radius 2 is 2.11 bits per heavy atom. The molecular formula is C13H10N2O3. The zero-order valence-corrected chi connectivity index (χ0v) is 9.93. The first-order chi connectivity index (χ1) is 8.60. The van der Waals surface area contributed by atoms with Crippen molar-refractivity contribution in [2.75, 3.05) is 7.11 Å². The van der Waals surface area contributed by atoms with Crippen molar-refractivity contribution in [2.45, 2.75) is 6.92 Å². The molecule has 0 aromatic carbocycles. The van der Waals surface area contributed by atoms with E-state index >= 15 is 0 Å². The molecule has 2 aromatic rings. The second-order valence-electron chi connectivity index (χ2n) is 3.74. The predicted octanol–water partition coefficient (Wildman–Crippen LogP) is 1.80. The fourth-order valence-corrected chi connectivity index (χ4v) is 1.89. The highest BCUT2D eigenvalue weighted by Crippen LogP contribution is 2.22. The van der Waals surface area contributed by atoms with Crippen molar-refractivity contribution in [3.8, 4) is 6.07 Å². The van der Waals surface area contributed by atoms with Crippen LogP contribution < -0.4 is 0 Å². The number of carbonyl (C=O) groups excluding carboxylic acids is 2. The summed E-state index contributed by atoms with van der Waals surface area (Å²) in [4.78, 5) is 23.2. The van der Waals surface area contributed by atoms with E-state index in [4.69, 9.17) is 5.26 Å². The summed E-state index contributed by atoms with van der Waals surface area (Å²) in [5.74, 6) is -0.740. The molecule has 0 unspecified atom stereocenters. The molecule has 18 heavy (non-hydrogen) atoms. The molecule has 0 spiro atoms. The molecule has 0 aliphatic heterocycles. The standard InChI is InChI=1S/C13H10N2O3/c1-8(16)10-4-3-5-15-9(7-14)6-11(12(10)15)13(17)18-2/h3-6H,1-2H3. The molecule has 0 aliphatic carbocycles. The number of Topliss-reactive ketones (excluding diaryl/α,β-unsaturated/α-hetero) is 1. The van der Waals surface area contributed by atoms with Gasteiger partial charge in [0, 0.05) is 11.8 Å². The molecule has 0 atom stereocenters. The molecule has 90 valence electrons.